The lowest BCUT2D eigenvalue weighted by Gasteiger charge is -1.95. The highest BCUT2D eigenvalue weighted by Crippen LogP contribution is 2.07. The number of hydrogen-bond acceptors (Lipinski definition) is 3. The van der Waals surface area contributed by atoms with Crippen LogP contribution in [0.5, 0.6) is 0 Å². The van der Waals surface area contributed by atoms with Crippen LogP contribution in [0.15, 0.2) is 36.4 Å². The van der Waals surface area contributed by atoms with Gasteiger partial charge in [-0.25, -0.2) is 5.48 Å². The van der Waals surface area contributed by atoms with Crippen LogP contribution >= 0.6 is 0 Å². The molecule has 88 valence electrons. The lowest BCUT2D eigenvalue weighted by atomic mass is 10.1. The number of allylic oxidation sites excluding steroid dienone is 1. The number of ketones is 1. The minimum Gasteiger partial charge on any atom is -0.295 e. The zero-order valence-electron chi connectivity index (χ0n) is 9.38. The van der Waals surface area contributed by atoms with Gasteiger partial charge in [0.15, 0.2) is 5.78 Å². The van der Waals surface area contributed by atoms with Crippen LogP contribution < -0.4 is 5.48 Å². The summed E-state index contributed by atoms with van der Waals surface area (Å²) in [6, 6.07) is 7.27. The topological polar surface area (TPSA) is 66.4 Å². The van der Waals surface area contributed by atoms with Crippen molar-refractivity contribution in [3.63, 3.8) is 0 Å². The molecule has 0 atom stereocenters. The summed E-state index contributed by atoms with van der Waals surface area (Å²) in [5.41, 5.74) is 3.24. The lowest BCUT2D eigenvalue weighted by Crippen LogP contribution is -2.14. The highest BCUT2D eigenvalue weighted by atomic mass is 16.5. The van der Waals surface area contributed by atoms with Gasteiger partial charge in [0.25, 0.3) is 5.91 Å². The second-order valence-electron chi connectivity index (χ2n) is 3.42. The van der Waals surface area contributed by atoms with Crippen molar-refractivity contribution in [1.82, 2.24) is 5.48 Å². The van der Waals surface area contributed by atoms with Gasteiger partial charge >= 0.3 is 0 Å². The lowest BCUT2D eigenvalue weighted by molar-refractivity contribution is -0.124. The number of carbonyl (C=O) groups excluding carboxylic acids is 2. The molecular formula is C13H13NO3. The first kappa shape index (κ1) is 12.9. The van der Waals surface area contributed by atoms with E-state index in [0.717, 1.165) is 11.1 Å². The van der Waals surface area contributed by atoms with Gasteiger partial charge in [-0.1, -0.05) is 30.3 Å². The molecule has 0 fully saturated rings. The number of carbonyl (C=O) groups is 2. The number of hydroxylamine groups is 1. The Bertz CT molecular complexity index is 458. The van der Waals surface area contributed by atoms with E-state index in [0.29, 0.717) is 0 Å². The highest BCUT2D eigenvalue weighted by Gasteiger charge is 1.92. The predicted octanol–water partition coefficient (Wildman–Crippen LogP) is 1.81. The van der Waals surface area contributed by atoms with Crippen molar-refractivity contribution in [3.05, 3.63) is 47.5 Å². The van der Waals surface area contributed by atoms with Gasteiger partial charge in [0, 0.05) is 6.08 Å². The second-order valence-corrected chi connectivity index (χ2v) is 3.42. The van der Waals surface area contributed by atoms with Crippen LogP contribution in [0.25, 0.3) is 12.2 Å². The van der Waals surface area contributed by atoms with E-state index >= 15 is 0 Å². The molecule has 1 aromatic carbocycles. The van der Waals surface area contributed by atoms with Crippen molar-refractivity contribution in [2.24, 2.45) is 0 Å². The van der Waals surface area contributed by atoms with E-state index in [2.05, 4.69) is 0 Å². The molecule has 4 nitrogen and oxygen atoms in total. The Morgan fingerprint density at radius 1 is 1.06 bits per heavy atom. The summed E-state index contributed by atoms with van der Waals surface area (Å²) in [7, 11) is 0. The Kier molecular flexibility index (Phi) is 4.84. The van der Waals surface area contributed by atoms with Gasteiger partial charge in [0.05, 0.1) is 0 Å². The zero-order chi connectivity index (χ0) is 12.7. The minimum absolute atomic E-state index is 0.00594. The maximum atomic E-state index is 10.7. The molecule has 0 heterocycles. The van der Waals surface area contributed by atoms with Crippen LogP contribution in [0.4, 0.5) is 0 Å². The molecule has 0 aliphatic heterocycles. The van der Waals surface area contributed by atoms with Gasteiger partial charge in [-0.05, 0) is 30.2 Å². The third kappa shape index (κ3) is 4.90. The standard InChI is InChI=1S/C13H13NO3/c1-10(15)2-3-11-4-6-12(7-5-11)8-9-13(16)14-17/h2-9,17H,1H3,(H,14,16)/b3-2+,9-8+. The summed E-state index contributed by atoms with van der Waals surface area (Å²) in [5, 5.41) is 8.29. The number of hydrogen-bond donors (Lipinski definition) is 2. The van der Waals surface area contributed by atoms with Crippen LogP contribution in [-0.4, -0.2) is 16.9 Å². The van der Waals surface area contributed by atoms with Gasteiger partial charge in [-0.2, -0.15) is 0 Å². The molecule has 0 bridgehead atoms. The first-order valence-electron chi connectivity index (χ1n) is 5.02. The van der Waals surface area contributed by atoms with Crippen molar-refractivity contribution in [2.45, 2.75) is 6.92 Å². The van der Waals surface area contributed by atoms with E-state index in [1.807, 2.05) is 12.1 Å². The van der Waals surface area contributed by atoms with E-state index in [-0.39, 0.29) is 5.78 Å². The zero-order valence-corrected chi connectivity index (χ0v) is 9.38. The van der Waals surface area contributed by atoms with Crippen molar-refractivity contribution in [3.8, 4) is 0 Å². The number of nitrogens with one attached hydrogen (secondary N) is 1. The molecule has 2 N–H and O–H groups in total. The second kappa shape index (κ2) is 6.40. The van der Waals surface area contributed by atoms with Crippen molar-refractivity contribution < 1.29 is 14.8 Å². The fourth-order valence-electron chi connectivity index (χ4n) is 1.14. The molecule has 1 rings (SSSR count). The molecular weight excluding hydrogens is 218 g/mol. The number of amides is 1. The minimum atomic E-state index is -0.578. The third-order valence-corrected chi connectivity index (χ3v) is 1.98. The summed E-state index contributed by atoms with van der Waals surface area (Å²) in [6.45, 7) is 1.49. The van der Waals surface area contributed by atoms with E-state index in [1.165, 1.54) is 24.6 Å². The molecule has 0 saturated carbocycles. The molecule has 17 heavy (non-hydrogen) atoms. The van der Waals surface area contributed by atoms with Gasteiger partial charge in [-0.15, -0.1) is 0 Å². The Balaban J connectivity index is 2.71. The fraction of sp³-hybridized carbons (Fsp3) is 0.0769. The average Bonchev–Trinajstić information content (AvgIpc) is 2.34. The third-order valence-electron chi connectivity index (χ3n) is 1.98. The van der Waals surface area contributed by atoms with Crippen molar-refractivity contribution >= 4 is 23.8 Å². The Morgan fingerprint density at radius 2 is 1.53 bits per heavy atom. The van der Waals surface area contributed by atoms with Gasteiger partial charge < -0.3 is 0 Å². The quantitative estimate of drug-likeness (QED) is 0.472. The molecule has 0 radical (unpaired) electrons. The summed E-state index contributed by atoms with van der Waals surface area (Å²) in [5.74, 6) is -0.584. The van der Waals surface area contributed by atoms with Crippen molar-refractivity contribution in [1.29, 1.82) is 0 Å². The summed E-state index contributed by atoms with van der Waals surface area (Å²) in [4.78, 5) is 21.5. The maximum absolute atomic E-state index is 10.7. The Labute approximate surface area is 99.2 Å². The number of rotatable bonds is 4. The molecule has 0 aliphatic carbocycles. The fourth-order valence-corrected chi connectivity index (χ4v) is 1.14. The van der Waals surface area contributed by atoms with Gasteiger partial charge in [-0.3, -0.25) is 14.8 Å². The smallest absolute Gasteiger partial charge is 0.267 e. The highest BCUT2D eigenvalue weighted by molar-refractivity contribution is 5.92. The molecule has 0 aromatic heterocycles. The van der Waals surface area contributed by atoms with Crippen molar-refractivity contribution in [2.75, 3.05) is 0 Å². The first-order chi connectivity index (χ1) is 8.11. The van der Waals surface area contributed by atoms with Crippen LogP contribution in [0.2, 0.25) is 0 Å². The molecule has 1 amide bonds. The summed E-state index contributed by atoms with van der Waals surface area (Å²) < 4.78 is 0. The SMILES string of the molecule is CC(=O)/C=C/c1ccc(/C=C/C(=O)NO)cc1. The van der Waals surface area contributed by atoms with E-state index in [9.17, 15) is 9.59 Å². The molecule has 0 aliphatic rings. The van der Waals surface area contributed by atoms with E-state index in [1.54, 1.807) is 24.3 Å². The summed E-state index contributed by atoms with van der Waals surface area (Å²) >= 11 is 0. The number of benzene rings is 1. The maximum Gasteiger partial charge on any atom is 0.267 e. The summed E-state index contributed by atoms with van der Waals surface area (Å²) in [6.07, 6.45) is 6.00. The Hall–Kier alpha value is -2.20. The van der Waals surface area contributed by atoms with Crippen LogP contribution in [0.3, 0.4) is 0 Å². The van der Waals surface area contributed by atoms with E-state index in [4.69, 9.17) is 5.21 Å². The molecule has 0 spiro atoms. The van der Waals surface area contributed by atoms with Crippen LogP contribution in [0.1, 0.15) is 18.1 Å². The largest absolute Gasteiger partial charge is 0.295 e. The first-order valence-corrected chi connectivity index (χ1v) is 5.02. The molecule has 1 aromatic rings. The molecule has 0 unspecified atom stereocenters. The van der Waals surface area contributed by atoms with E-state index < -0.39 is 5.91 Å². The molecule has 0 saturated heterocycles. The normalized spacial score (nSPS) is 10.9. The van der Waals surface area contributed by atoms with Crippen LogP contribution in [-0.2, 0) is 9.59 Å². The van der Waals surface area contributed by atoms with Crippen LogP contribution in [0, 0.1) is 0 Å². The monoisotopic (exact) mass is 231 g/mol. The van der Waals surface area contributed by atoms with Gasteiger partial charge in [0.2, 0.25) is 0 Å². The predicted molar refractivity (Wildman–Crippen MR) is 65.1 cm³/mol. The molecule has 4 heteroatoms. The Morgan fingerprint density at radius 3 is 1.94 bits per heavy atom. The average molecular weight is 231 g/mol. The van der Waals surface area contributed by atoms with Gasteiger partial charge in [0.1, 0.15) is 0 Å².